The van der Waals surface area contributed by atoms with Crippen LogP contribution in [0.1, 0.15) is 67.3 Å². The van der Waals surface area contributed by atoms with Crippen molar-refractivity contribution in [3.63, 3.8) is 0 Å². The average molecular weight is 515 g/mol. The molecule has 0 saturated heterocycles. The summed E-state index contributed by atoms with van der Waals surface area (Å²) in [4.78, 5) is 26.3. The second kappa shape index (κ2) is 11.5. The van der Waals surface area contributed by atoms with Gasteiger partial charge in [0.2, 0.25) is 6.29 Å². The summed E-state index contributed by atoms with van der Waals surface area (Å²) in [6, 6.07) is 22.9. The van der Waals surface area contributed by atoms with E-state index in [9.17, 15) is 9.59 Å². The van der Waals surface area contributed by atoms with Crippen molar-refractivity contribution >= 4 is 12.3 Å². The van der Waals surface area contributed by atoms with Gasteiger partial charge in [0.05, 0.1) is 13.5 Å². The van der Waals surface area contributed by atoms with Crippen LogP contribution < -0.4 is 4.74 Å². The fourth-order valence-electron chi connectivity index (χ4n) is 5.53. The highest BCUT2D eigenvalue weighted by Gasteiger charge is 2.43. The zero-order valence-corrected chi connectivity index (χ0v) is 23.0. The van der Waals surface area contributed by atoms with Crippen LogP contribution in [0.3, 0.4) is 0 Å². The Morgan fingerprint density at radius 3 is 2.03 bits per heavy atom. The van der Waals surface area contributed by atoms with Gasteiger partial charge < -0.3 is 14.2 Å². The molecule has 1 unspecified atom stereocenters. The Morgan fingerprint density at radius 2 is 1.55 bits per heavy atom. The molecule has 0 amide bonds. The number of aryl methyl sites for hydroxylation is 2. The van der Waals surface area contributed by atoms with Gasteiger partial charge in [0.25, 0.3) is 0 Å². The molecule has 1 atom stereocenters. The lowest BCUT2D eigenvalue weighted by Crippen LogP contribution is -2.44. The lowest BCUT2D eigenvalue weighted by Gasteiger charge is -2.39. The van der Waals surface area contributed by atoms with Crippen LogP contribution in [0, 0.1) is 19.8 Å². The van der Waals surface area contributed by atoms with Gasteiger partial charge >= 0.3 is 5.97 Å². The molecule has 0 bridgehead atoms. The summed E-state index contributed by atoms with van der Waals surface area (Å²) < 4.78 is 18.4. The predicted molar refractivity (Wildman–Crippen MR) is 148 cm³/mol. The maximum Gasteiger partial charge on any atom is 0.308 e. The van der Waals surface area contributed by atoms with E-state index < -0.39 is 17.3 Å². The van der Waals surface area contributed by atoms with Crippen molar-refractivity contribution in [3.8, 4) is 5.75 Å². The van der Waals surface area contributed by atoms with Crippen molar-refractivity contribution in [2.24, 2.45) is 5.92 Å². The first-order valence-corrected chi connectivity index (χ1v) is 13.3. The minimum Gasteiger partial charge on any atom is -0.496 e. The van der Waals surface area contributed by atoms with Crippen LogP contribution in [0.15, 0.2) is 72.8 Å². The first-order chi connectivity index (χ1) is 18.2. The van der Waals surface area contributed by atoms with E-state index in [1.165, 1.54) is 0 Å². The standard InChI is InChI=1S/C33H38O5/c1-23-19-24(2)30(28(20-23)36-5)32(3,4)21-29(35)37-31(25-13-12-14-25)38-33(22-34,26-15-8-6-9-16-26)27-17-10-7-11-18-27/h6-11,15-20,22,25,31H,12-14,21H2,1-5H3. The van der Waals surface area contributed by atoms with E-state index in [-0.39, 0.29) is 18.3 Å². The SMILES string of the molecule is COc1cc(C)cc(C)c1C(C)(C)CC(=O)OC(OC(C=O)(c1ccccc1)c1ccccc1)C1CCC1. The third-order valence-electron chi connectivity index (χ3n) is 7.58. The van der Waals surface area contributed by atoms with Crippen molar-refractivity contribution in [3.05, 3.63) is 101 Å². The van der Waals surface area contributed by atoms with Crippen molar-refractivity contribution < 1.29 is 23.8 Å². The van der Waals surface area contributed by atoms with Crippen LogP contribution in [0.2, 0.25) is 0 Å². The molecule has 5 nitrogen and oxygen atoms in total. The molecule has 5 heteroatoms. The van der Waals surface area contributed by atoms with Gasteiger partial charge in [-0.2, -0.15) is 0 Å². The largest absolute Gasteiger partial charge is 0.496 e. The summed E-state index contributed by atoms with van der Waals surface area (Å²) in [5.74, 6) is 0.430. The van der Waals surface area contributed by atoms with E-state index in [1.807, 2.05) is 94.4 Å². The molecular formula is C33H38O5. The Hall–Kier alpha value is -3.44. The van der Waals surface area contributed by atoms with E-state index >= 15 is 0 Å². The molecule has 1 fully saturated rings. The van der Waals surface area contributed by atoms with Crippen molar-refractivity contribution in [2.45, 2.75) is 70.7 Å². The van der Waals surface area contributed by atoms with Gasteiger partial charge in [-0.1, -0.05) is 87.0 Å². The van der Waals surface area contributed by atoms with Gasteiger partial charge in [-0.25, -0.2) is 0 Å². The molecule has 0 N–H and O–H groups in total. The summed E-state index contributed by atoms with van der Waals surface area (Å²) in [7, 11) is 1.65. The molecule has 200 valence electrons. The number of ether oxygens (including phenoxy) is 3. The van der Waals surface area contributed by atoms with E-state index in [1.54, 1.807) is 7.11 Å². The van der Waals surface area contributed by atoms with Crippen LogP contribution in [0.5, 0.6) is 5.75 Å². The van der Waals surface area contributed by atoms with Gasteiger partial charge in [0.15, 0.2) is 11.9 Å². The lowest BCUT2D eigenvalue weighted by molar-refractivity contribution is -0.228. The van der Waals surface area contributed by atoms with Gasteiger partial charge in [0, 0.05) is 16.9 Å². The van der Waals surface area contributed by atoms with Gasteiger partial charge in [-0.3, -0.25) is 9.59 Å². The minimum absolute atomic E-state index is 0.0319. The first kappa shape index (κ1) is 27.6. The normalized spacial score (nSPS) is 14.9. The molecule has 1 saturated carbocycles. The number of aldehydes is 1. The van der Waals surface area contributed by atoms with Crippen LogP contribution in [-0.2, 0) is 30.1 Å². The molecule has 0 radical (unpaired) electrons. The summed E-state index contributed by atoms with van der Waals surface area (Å²) in [6.45, 7) is 8.12. The Bertz CT molecular complexity index is 1210. The Kier molecular flexibility index (Phi) is 8.37. The second-order valence-corrected chi connectivity index (χ2v) is 11.0. The number of methoxy groups -OCH3 is 1. The highest BCUT2D eigenvalue weighted by Crippen LogP contribution is 2.41. The molecule has 3 aromatic carbocycles. The maximum atomic E-state index is 13.5. The third-order valence-corrected chi connectivity index (χ3v) is 7.58. The number of carbonyl (C=O) groups excluding carboxylic acids is 2. The smallest absolute Gasteiger partial charge is 0.308 e. The minimum atomic E-state index is -1.39. The van der Waals surface area contributed by atoms with E-state index in [0.717, 1.165) is 48.0 Å². The van der Waals surface area contributed by atoms with Gasteiger partial charge in [-0.15, -0.1) is 0 Å². The fourth-order valence-corrected chi connectivity index (χ4v) is 5.53. The average Bonchev–Trinajstić information content (AvgIpc) is 2.86. The van der Waals surface area contributed by atoms with Crippen molar-refractivity contribution in [2.75, 3.05) is 7.11 Å². The van der Waals surface area contributed by atoms with E-state index in [0.29, 0.717) is 11.1 Å². The first-order valence-electron chi connectivity index (χ1n) is 13.3. The molecule has 38 heavy (non-hydrogen) atoms. The number of esters is 1. The van der Waals surface area contributed by atoms with Crippen molar-refractivity contribution in [1.82, 2.24) is 0 Å². The van der Waals surface area contributed by atoms with Crippen LogP contribution >= 0.6 is 0 Å². The van der Waals surface area contributed by atoms with E-state index in [2.05, 4.69) is 6.07 Å². The lowest BCUT2D eigenvalue weighted by atomic mass is 9.78. The number of hydrogen-bond donors (Lipinski definition) is 0. The molecule has 0 spiro atoms. The third kappa shape index (κ3) is 5.68. The summed E-state index contributed by atoms with van der Waals surface area (Å²) in [5, 5.41) is 0. The van der Waals surface area contributed by atoms with Crippen molar-refractivity contribution in [1.29, 1.82) is 0 Å². The van der Waals surface area contributed by atoms with Crippen LogP contribution in [-0.4, -0.2) is 25.7 Å². The van der Waals surface area contributed by atoms with Gasteiger partial charge in [-0.05, 0) is 55.0 Å². The monoisotopic (exact) mass is 514 g/mol. The maximum absolute atomic E-state index is 13.5. The van der Waals surface area contributed by atoms with E-state index in [4.69, 9.17) is 14.2 Å². The van der Waals surface area contributed by atoms with Crippen LogP contribution in [0.4, 0.5) is 0 Å². The number of rotatable bonds is 11. The van der Waals surface area contributed by atoms with Gasteiger partial charge in [0.1, 0.15) is 5.75 Å². The zero-order valence-electron chi connectivity index (χ0n) is 23.0. The molecule has 4 rings (SSSR count). The number of hydrogen-bond acceptors (Lipinski definition) is 5. The molecule has 0 aromatic heterocycles. The second-order valence-electron chi connectivity index (χ2n) is 11.0. The Balaban J connectivity index is 1.63. The molecular weight excluding hydrogens is 476 g/mol. The molecule has 0 heterocycles. The molecule has 3 aromatic rings. The summed E-state index contributed by atoms with van der Waals surface area (Å²) in [6.07, 6.45) is 2.92. The summed E-state index contributed by atoms with van der Waals surface area (Å²) in [5.41, 5.74) is 2.62. The summed E-state index contributed by atoms with van der Waals surface area (Å²) >= 11 is 0. The quantitative estimate of drug-likeness (QED) is 0.160. The fraction of sp³-hybridized carbons (Fsp3) is 0.394. The van der Waals surface area contributed by atoms with Crippen LogP contribution in [0.25, 0.3) is 0 Å². The zero-order chi connectivity index (χ0) is 27.3. The molecule has 1 aliphatic carbocycles. The highest BCUT2D eigenvalue weighted by atomic mass is 16.7. The molecule has 1 aliphatic rings. The number of benzene rings is 3. The topological polar surface area (TPSA) is 61.8 Å². The Morgan fingerprint density at radius 1 is 0.974 bits per heavy atom. The predicted octanol–water partition coefficient (Wildman–Crippen LogP) is 6.81. The number of carbonyl (C=O) groups is 2. The highest BCUT2D eigenvalue weighted by molar-refractivity contribution is 5.74. The molecule has 0 aliphatic heterocycles. The Labute approximate surface area is 226 Å².